The summed E-state index contributed by atoms with van der Waals surface area (Å²) in [4.78, 5) is 25.1. The van der Waals surface area contributed by atoms with E-state index in [0.29, 0.717) is 51.1 Å². The van der Waals surface area contributed by atoms with Crippen LogP contribution >= 0.6 is 0 Å². The Morgan fingerprint density at radius 1 is 1.14 bits per heavy atom. The number of carbonyl (C=O) groups is 2. The molecule has 3 aliphatic rings. The maximum atomic E-state index is 13.6. The summed E-state index contributed by atoms with van der Waals surface area (Å²) < 4.78 is 51.3. The molecule has 0 unspecified atom stereocenters. The fourth-order valence-electron chi connectivity index (χ4n) is 6.30. The van der Waals surface area contributed by atoms with Crippen LogP contribution in [0.3, 0.4) is 0 Å². The summed E-state index contributed by atoms with van der Waals surface area (Å²) in [6.07, 6.45) is 0.440. The Labute approximate surface area is 253 Å². The Bertz CT molecular complexity index is 1370. The lowest BCUT2D eigenvalue weighted by Gasteiger charge is -2.27. The van der Waals surface area contributed by atoms with Crippen LogP contribution in [-0.2, 0) is 30.7 Å². The highest BCUT2D eigenvalue weighted by Gasteiger charge is 2.59. The van der Waals surface area contributed by atoms with E-state index in [0.717, 1.165) is 5.56 Å². The zero-order chi connectivity index (χ0) is 30.6. The quantitative estimate of drug-likeness (QED) is 0.369. The van der Waals surface area contributed by atoms with E-state index in [1.165, 1.54) is 11.4 Å². The lowest BCUT2D eigenvalue weighted by molar-refractivity contribution is 0.00335. The first-order chi connectivity index (χ1) is 20.6. The summed E-state index contributed by atoms with van der Waals surface area (Å²) in [5.74, 6) is 0.630. The van der Waals surface area contributed by atoms with E-state index < -0.39 is 27.8 Å². The molecular formula is C31H41N3O8S. The van der Waals surface area contributed by atoms with E-state index in [2.05, 4.69) is 10.6 Å². The van der Waals surface area contributed by atoms with Crippen molar-refractivity contribution in [2.24, 2.45) is 11.8 Å². The number of benzene rings is 2. The highest BCUT2D eigenvalue weighted by atomic mass is 32.2. The second-order valence-electron chi connectivity index (χ2n) is 12.0. The molecular weight excluding hydrogens is 574 g/mol. The second kappa shape index (κ2) is 13.1. The summed E-state index contributed by atoms with van der Waals surface area (Å²) in [6.45, 7) is 5.22. The number of nitrogens with zero attached hydrogens (tertiary/aromatic N) is 1. The standard InChI is InChI=1S/C31H41N3O8S/c1-21(2)18-34(43(37,38)26-11-9-24(39-3)10-12-26)14-13-23(15-22-7-5-4-6-8-22)33-30(36)41-25-16-27-28(17-25)40-20-31(27)19-32-29(35)42-31/h4-12,21,23,25,27-28H,13-20H2,1-3H3,(H,32,35)(H,33,36)/t23-,25-,27+,28-,31+/m1/s1. The lowest BCUT2D eigenvalue weighted by atomic mass is 9.88. The number of alkyl carbamates (subject to hydrolysis) is 2. The van der Waals surface area contributed by atoms with Crippen LogP contribution in [0.25, 0.3) is 0 Å². The van der Waals surface area contributed by atoms with Crippen molar-refractivity contribution < 1.29 is 37.0 Å². The van der Waals surface area contributed by atoms with Gasteiger partial charge in [-0.3, -0.25) is 0 Å². The molecule has 5 rings (SSSR count). The van der Waals surface area contributed by atoms with Crippen LogP contribution in [0, 0.1) is 11.8 Å². The van der Waals surface area contributed by atoms with Gasteiger partial charge in [-0.05, 0) is 55.0 Å². The molecule has 12 heteroatoms. The molecule has 43 heavy (non-hydrogen) atoms. The Balaban J connectivity index is 1.25. The van der Waals surface area contributed by atoms with E-state index in [9.17, 15) is 18.0 Å². The molecule has 2 aromatic rings. The molecule has 2 N–H and O–H groups in total. The van der Waals surface area contributed by atoms with E-state index in [1.807, 2.05) is 44.2 Å². The first-order valence-electron chi connectivity index (χ1n) is 14.8. The van der Waals surface area contributed by atoms with Crippen molar-refractivity contribution in [1.29, 1.82) is 0 Å². The largest absolute Gasteiger partial charge is 0.497 e. The lowest BCUT2D eigenvalue weighted by Crippen LogP contribution is -2.43. The number of ether oxygens (including phenoxy) is 4. The van der Waals surface area contributed by atoms with Gasteiger partial charge in [-0.1, -0.05) is 44.2 Å². The molecule has 234 valence electrons. The number of nitrogens with one attached hydrogen (secondary N) is 2. The van der Waals surface area contributed by atoms with Crippen molar-refractivity contribution in [1.82, 2.24) is 14.9 Å². The number of fused-ring (bicyclic) bond motifs is 2. The molecule has 2 aromatic carbocycles. The molecule has 2 aliphatic heterocycles. The molecule has 2 heterocycles. The molecule has 5 atom stereocenters. The molecule has 11 nitrogen and oxygen atoms in total. The molecule has 1 spiro atoms. The van der Waals surface area contributed by atoms with Gasteiger partial charge in [0.05, 0.1) is 31.3 Å². The average molecular weight is 616 g/mol. The van der Waals surface area contributed by atoms with Gasteiger partial charge in [0.15, 0.2) is 5.60 Å². The smallest absolute Gasteiger partial charge is 0.407 e. The molecule has 0 aromatic heterocycles. The molecule has 0 radical (unpaired) electrons. The van der Waals surface area contributed by atoms with Gasteiger partial charge in [0.1, 0.15) is 11.9 Å². The van der Waals surface area contributed by atoms with Crippen LogP contribution < -0.4 is 15.4 Å². The molecule has 1 aliphatic carbocycles. The van der Waals surface area contributed by atoms with Gasteiger partial charge in [0, 0.05) is 31.5 Å². The monoisotopic (exact) mass is 615 g/mol. The molecule has 3 fully saturated rings. The van der Waals surface area contributed by atoms with E-state index in [-0.39, 0.29) is 41.5 Å². The number of hydrogen-bond donors (Lipinski definition) is 2. The number of methoxy groups -OCH3 is 1. The fraction of sp³-hybridized carbons (Fsp3) is 0.548. The number of carbonyl (C=O) groups excluding carboxylic acids is 2. The summed E-state index contributed by atoms with van der Waals surface area (Å²) in [6, 6.07) is 15.7. The zero-order valence-electron chi connectivity index (χ0n) is 24.9. The summed E-state index contributed by atoms with van der Waals surface area (Å²) in [5.41, 5.74) is 0.309. The van der Waals surface area contributed by atoms with Crippen molar-refractivity contribution in [2.75, 3.05) is 33.4 Å². The highest BCUT2D eigenvalue weighted by Crippen LogP contribution is 2.46. The van der Waals surface area contributed by atoms with Crippen LogP contribution in [0.1, 0.15) is 38.7 Å². The second-order valence-corrected chi connectivity index (χ2v) is 14.0. The van der Waals surface area contributed by atoms with Gasteiger partial charge in [-0.15, -0.1) is 0 Å². The Kier molecular flexibility index (Phi) is 9.48. The predicted molar refractivity (Wildman–Crippen MR) is 158 cm³/mol. The Morgan fingerprint density at radius 2 is 1.88 bits per heavy atom. The first-order valence-corrected chi connectivity index (χ1v) is 16.3. The van der Waals surface area contributed by atoms with E-state index in [1.54, 1.807) is 24.3 Å². The van der Waals surface area contributed by atoms with Gasteiger partial charge in [0.25, 0.3) is 0 Å². The highest BCUT2D eigenvalue weighted by molar-refractivity contribution is 7.89. The summed E-state index contributed by atoms with van der Waals surface area (Å²) in [5, 5.41) is 5.72. The van der Waals surface area contributed by atoms with Crippen molar-refractivity contribution in [3.8, 4) is 5.75 Å². The minimum Gasteiger partial charge on any atom is -0.497 e. The molecule has 2 saturated heterocycles. The Hall–Kier alpha value is -3.35. The van der Waals surface area contributed by atoms with Crippen LogP contribution in [0.15, 0.2) is 59.5 Å². The third-order valence-corrected chi connectivity index (χ3v) is 10.3. The van der Waals surface area contributed by atoms with E-state index in [4.69, 9.17) is 18.9 Å². The molecule has 2 amide bonds. The van der Waals surface area contributed by atoms with Crippen molar-refractivity contribution in [2.45, 2.75) is 68.3 Å². The van der Waals surface area contributed by atoms with Gasteiger partial charge in [-0.25, -0.2) is 18.0 Å². The number of hydrogen-bond acceptors (Lipinski definition) is 8. The van der Waals surface area contributed by atoms with Crippen LogP contribution in [0.5, 0.6) is 5.75 Å². The predicted octanol–water partition coefficient (Wildman–Crippen LogP) is 3.73. The minimum atomic E-state index is -3.78. The average Bonchev–Trinajstić information content (AvgIpc) is 3.66. The van der Waals surface area contributed by atoms with Gasteiger partial charge < -0.3 is 29.6 Å². The first kappa shape index (κ1) is 31.1. The van der Waals surface area contributed by atoms with Crippen molar-refractivity contribution in [3.63, 3.8) is 0 Å². The maximum absolute atomic E-state index is 13.6. The fourth-order valence-corrected chi connectivity index (χ4v) is 7.92. The van der Waals surface area contributed by atoms with Crippen LogP contribution in [0.2, 0.25) is 0 Å². The number of sulfonamides is 1. The number of amides is 2. The van der Waals surface area contributed by atoms with Gasteiger partial charge >= 0.3 is 12.2 Å². The van der Waals surface area contributed by atoms with Gasteiger partial charge in [-0.2, -0.15) is 4.31 Å². The SMILES string of the molecule is COc1ccc(S(=O)(=O)N(CC[C@H](Cc2ccccc2)NC(=O)O[C@H]2C[C@H]3OC[C@@]4(CNC(=O)O4)[C@H]3C2)CC(C)C)cc1. The van der Waals surface area contributed by atoms with Crippen molar-refractivity contribution >= 4 is 22.2 Å². The molecule has 1 saturated carbocycles. The summed E-state index contributed by atoms with van der Waals surface area (Å²) in [7, 11) is -2.25. The van der Waals surface area contributed by atoms with E-state index >= 15 is 0 Å². The topological polar surface area (TPSA) is 132 Å². The third kappa shape index (κ3) is 7.25. The third-order valence-electron chi connectivity index (χ3n) is 8.42. The van der Waals surface area contributed by atoms with Crippen molar-refractivity contribution in [3.05, 3.63) is 60.2 Å². The number of rotatable bonds is 12. The summed E-state index contributed by atoms with van der Waals surface area (Å²) >= 11 is 0. The van der Waals surface area contributed by atoms with Crippen LogP contribution in [0.4, 0.5) is 9.59 Å². The Morgan fingerprint density at radius 3 is 2.53 bits per heavy atom. The zero-order valence-corrected chi connectivity index (χ0v) is 25.7. The normalized spacial score (nSPS) is 25.4. The molecule has 0 bridgehead atoms. The minimum absolute atomic E-state index is 0.0443. The maximum Gasteiger partial charge on any atom is 0.407 e. The van der Waals surface area contributed by atoms with Gasteiger partial charge in [0.2, 0.25) is 10.0 Å². The van der Waals surface area contributed by atoms with Crippen LogP contribution in [-0.4, -0.2) is 82.1 Å².